The van der Waals surface area contributed by atoms with Crippen LogP contribution < -0.4 is 5.32 Å². The molecule has 1 aliphatic rings. The van der Waals surface area contributed by atoms with E-state index in [9.17, 15) is 9.90 Å². The molecule has 0 aromatic heterocycles. The summed E-state index contributed by atoms with van der Waals surface area (Å²) >= 11 is 0. The SMILES string of the molecule is Cc1cc(NC(=O)C2CC=CC2)ccc1O. The summed E-state index contributed by atoms with van der Waals surface area (Å²) in [5, 5.41) is 12.2. The highest BCUT2D eigenvalue weighted by Gasteiger charge is 2.19. The van der Waals surface area contributed by atoms with Crippen LogP contribution in [0.25, 0.3) is 0 Å². The first kappa shape index (κ1) is 10.7. The summed E-state index contributed by atoms with van der Waals surface area (Å²) in [5.41, 5.74) is 1.51. The van der Waals surface area contributed by atoms with Crippen molar-refractivity contribution in [1.82, 2.24) is 0 Å². The Labute approximate surface area is 94.8 Å². The normalized spacial score (nSPS) is 15.3. The zero-order chi connectivity index (χ0) is 11.5. The van der Waals surface area contributed by atoms with Crippen molar-refractivity contribution in [3.05, 3.63) is 35.9 Å². The largest absolute Gasteiger partial charge is 0.508 e. The molecular formula is C13H15NO2. The molecule has 0 heterocycles. The Morgan fingerprint density at radius 2 is 2.06 bits per heavy atom. The van der Waals surface area contributed by atoms with Crippen molar-refractivity contribution in [2.45, 2.75) is 19.8 Å². The Morgan fingerprint density at radius 1 is 1.38 bits per heavy atom. The molecule has 16 heavy (non-hydrogen) atoms. The van der Waals surface area contributed by atoms with Crippen LogP contribution >= 0.6 is 0 Å². The fraction of sp³-hybridized carbons (Fsp3) is 0.308. The van der Waals surface area contributed by atoms with Gasteiger partial charge in [-0.25, -0.2) is 0 Å². The van der Waals surface area contributed by atoms with Gasteiger partial charge >= 0.3 is 0 Å². The van der Waals surface area contributed by atoms with Gasteiger partial charge in [0.05, 0.1) is 0 Å². The van der Waals surface area contributed by atoms with E-state index >= 15 is 0 Å². The maximum Gasteiger partial charge on any atom is 0.228 e. The zero-order valence-electron chi connectivity index (χ0n) is 9.23. The molecule has 0 saturated heterocycles. The van der Waals surface area contributed by atoms with Crippen LogP contribution in [0.1, 0.15) is 18.4 Å². The molecule has 2 N–H and O–H groups in total. The third-order valence-electron chi connectivity index (χ3n) is 2.84. The van der Waals surface area contributed by atoms with E-state index in [0.717, 1.165) is 24.1 Å². The van der Waals surface area contributed by atoms with Crippen molar-refractivity contribution in [2.24, 2.45) is 5.92 Å². The first-order chi connectivity index (χ1) is 7.66. The van der Waals surface area contributed by atoms with Gasteiger partial charge in [-0.3, -0.25) is 4.79 Å². The first-order valence-electron chi connectivity index (χ1n) is 5.42. The van der Waals surface area contributed by atoms with Gasteiger partial charge in [0.25, 0.3) is 0 Å². The predicted octanol–water partition coefficient (Wildman–Crippen LogP) is 2.61. The molecule has 0 fully saturated rings. The van der Waals surface area contributed by atoms with Gasteiger partial charge in [0.15, 0.2) is 0 Å². The minimum Gasteiger partial charge on any atom is -0.508 e. The summed E-state index contributed by atoms with van der Waals surface area (Å²) in [6.45, 7) is 1.81. The highest BCUT2D eigenvalue weighted by atomic mass is 16.3. The van der Waals surface area contributed by atoms with Gasteiger partial charge in [-0.15, -0.1) is 0 Å². The van der Waals surface area contributed by atoms with E-state index in [1.54, 1.807) is 18.2 Å². The lowest BCUT2D eigenvalue weighted by Crippen LogP contribution is -2.20. The van der Waals surface area contributed by atoms with Gasteiger partial charge in [0, 0.05) is 11.6 Å². The molecule has 3 nitrogen and oxygen atoms in total. The second kappa shape index (κ2) is 4.39. The molecule has 0 unspecified atom stereocenters. The maximum absolute atomic E-state index is 11.8. The number of phenols is 1. The first-order valence-corrected chi connectivity index (χ1v) is 5.42. The van der Waals surface area contributed by atoms with Crippen LogP contribution in [0.2, 0.25) is 0 Å². The molecule has 1 aromatic rings. The number of amides is 1. The van der Waals surface area contributed by atoms with Crippen molar-refractivity contribution in [2.75, 3.05) is 5.32 Å². The lowest BCUT2D eigenvalue weighted by Gasteiger charge is -2.11. The summed E-state index contributed by atoms with van der Waals surface area (Å²) < 4.78 is 0. The van der Waals surface area contributed by atoms with Crippen molar-refractivity contribution in [3.63, 3.8) is 0 Å². The number of benzene rings is 1. The molecule has 3 heteroatoms. The molecule has 1 amide bonds. The fourth-order valence-corrected chi connectivity index (χ4v) is 1.81. The molecule has 0 aliphatic heterocycles. The number of anilines is 1. The summed E-state index contributed by atoms with van der Waals surface area (Å²) in [6.07, 6.45) is 5.71. The molecule has 0 spiro atoms. The minimum absolute atomic E-state index is 0.0510. The zero-order valence-corrected chi connectivity index (χ0v) is 9.23. The Hall–Kier alpha value is -1.77. The molecular weight excluding hydrogens is 202 g/mol. The number of nitrogens with one attached hydrogen (secondary N) is 1. The molecule has 84 valence electrons. The molecule has 0 bridgehead atoms. The van der Waals surface area contributed by atoms with Gasteiger partial charge in [-0.2, -0.15) is 0 Å². The van der Waals surface area contributed by atoms with Crippen molar-refractivity contribution < 1.29 is 9.90 Å². The lowest BCUT2D eigenvalue weighted by molar-refractivity contribution is -0.119. The second-order valence-corrected chi connectivity index (χ2v) is 4.13. The minimum atomic E-state index is 0.0510. The molecule has 0 atom stereocenters. The molecule has 1 aliphatic carbocycles. The predicted molar refractivity (Wildman–Crippen MR) is 63.3 cm³/mol. The van der Waals surface area contributed by atoms with Gasteiger partial charge in [-0.05, 0) is 43.5 Å². The summed E-state index contributed by atoms with van der Waals surface area (Å²) in [5.74, 6) is 0.365. The molecule has 2 rings (SSSR count). The number of hydrogen-bond donors (Lipinski definition) is 2. The summed E-state index contributed by atoms with van der Waals surface area (Å²) in [6, 6.07) is 5.08. The van der Waals surface area contributed by atoms with Crippen LogP contribution in [0.5, 0.6) is 5.75 Å². The van der Waals surface area contributed by atoms with E-state index < -0.39 is 0 Å². The maximum atomic E-state index is 11.8. The number of carbonyl (C=O) groups is 1. The van der Waals surface area contributed by atoms with Crippen LogP contribution in [0, 0.1) is 12.8 Å². The van der Waals surface area contributed by atoms with E-state index in [1.807, 2.05) is 19.1 Å². The average molecular weight is 217 g/mol. The van der Waals surface area contributed by atoms with Gasteiger partial charge in [-0.1, -0.05) is 12.2 Å². The standard InChI is InChI=1S/C13H15NO2/c1-9-8-11(6-7-12(9)15)14-13(16)10-4-2-3-5-10/h2-3,6-8,10,15H,4-5H2,1H3,(H,14,16). The molecule has 0 radical (unpaired) electrons. The van der Waals surface area contributed by atoms with Gasteiger partial charge < -0.3 is 10.4 Å². The van der Waals surface area contributed by atoms with E-state index in [0.29, 0.717) is 0 Å². The Morgan fingerprint density at radius 3 is 2.69 bits per heavy atom. The highest BCUT2D eigenvalue weighted by Crippen LogP contribution is 2.23. The van der Waals surface area contributed by atoms with Crippen LogP contribution in [0.4, 0.5) is 5.69 Å². The van der Waals surface area contributed by atoms with Crippen molar-refractivity contribution in [1.29, 1.82) is 0 Å². The molecule has 0 saturated carbocycles. The van der Waals surface area contributed by atoms with E-state index in [1.165, 1.54) is 0 Å². The average Bonchev–Trinajstić information content (AvgIpc) is 2.77. The van der Waals surface area contributed by atoms with Crippen LogP contribution in [0.15, 0.2) is 30.4 Å². The Kier molecular flexibility index (Phi) is 2.95. The van der Waals surface area contributed by atoms with E-state index in [-0.39, 0.29) is 17.6 Å². The van der Waals surface area contributed by atoms with Gasteiger partial charge in [0.2, 0.25) is 5.91 Å². The van der Waals surface area contributed by atoms with Crippen molar-refractivity contribution in [3.8, 4) is 5.75 Å². The number of phenolic OH excluding ortho intramolecular Hbond substituents is 1. The fourth-order valence-electron chi connectivity index (χ4n) is 1.81. The smallest absolute Gasteiger partial charge is 0.228 e. The van der Waals surface area contributed by atoms with Crippen LogP contribution in [-0.2, 0) is 4.79 Å². The number of aryl methyl sites for hydroxylation is 1. The van der Waals surface area contributed by atoms with E-state index in [2.05, 4.69) is 5.32 Å². The molecule has 1 aromatic carbocycles. The number of allylic oxidation sites excluding steroid dienone is 2. The number of aromatic hydroxyl groups is 1. The Bertz CT molecular complexity index is 430. The summed E-state index contributed by atoms with van der Waals surface area (Å²) in [7, 11) is 0. The Balaban J connectivity index is 2.03. The van der Waals surface area contributed by atoms with Gasteiger partial charge in [0.1, 0.15) is 5.75 Å². The van der Waals surface area contributed by atoms with Crippen molar-refractivity contribution >= 4 is 11.6 Å². The second-order valence-electron chi connectivity index (χ2n) is 4.13. The summed E-state index contributed by atoms with van der Waals surface area (Å²) in [4.78, 5) is 11.8. The monoisotopic (exact) mass is 217 g/mol. The van der Waals surface area contributed by atoms with Crippen LogP contribution in [-0.4, -0.2) is 11.0 Å². The topological polar surface area (TPSA) is 49.3 Å². The third kappa shape index (κ3) is 2.24. The number of hydrogen-bond acceptors (Lipinski definition) is 2. The lowest BCUT2D eigenvalue weighted by atomic mass is 10.1. The van der Waals surface area contributed by atoms with E-state index in [4.69, 9.17) is 0 Å². The van der Waals surface area contributed by atoms with Crippen LogP contribution in [0.3, 0.4) is 0 Å². The highest BCUT2D eigenvalue weighted by molar-refractivity contribution is 5.93. The quantitative estimate of drug-likeness (QED) is 0.591. The number of rotatable bonds is 2. The number of carbonyl (C=O) groups excluding carboxylic acids is 1. The third-order valence-corrected chi connectivity index (χ3v) is 2.84.